The first-order valence-electron chi connectivity index (χ1n) is 8.36. The van der Waals surface area contributed by atoms with Crippen molar-refractivity contribution in [1.82, 2.24) is 5.32 Å². The van der Waals surface area contributed by atoms with Gasteiger partial charge in [-0.15, -0.1) is 0 Å². The molecule has 23 heavy (non-hydrogen) atoms. The minimum atomic E-state index is -0.131. The fourth-order valence-electron chi connectivity index (χ4n) is 3.80. The number of aryl methyl sites for hydroxylation is 2. The predicted molar refractivity (Wildman–Crippen MR) is 90.9 cm³/mol. The van der Waals surface area contributed by atoms with Gasteiger partial charge in [-0.2, -0.15) is 0 Å². The summed E-state index contributed by atoms with van der Waals surface area (Å²) in [4.78, 5) is 0. The fourth-order valence-corrected chi connectivity index (χ4v) is 3.80. The van der Waals surface area contributed by atoms with Crippen molar-refractivity contribution in [3.05, 3.63) is 40.6 Å². The number of hydrogen-bond donors (Lipinski definition) is 1. The molecule has 1 heterocycles. The highest BCUT2D eigenvalue weighted by atomic mass is 16.5. The van der Waals surface area contributed by atoms with Crippen molar-refractivity contribution in [2.75, 3.05) is 21.0 Å². The van der Waals surface area contributed by atoms with Crippen molar-refractivity contribution in [1.29, 1.82) is 0 Å². The molecule has 1 aliphatic carbocycles. The van der Waals surface area contributed by atoms with E-state index >= 15 is 0 Å². The molecule has 1 spiro atoms. The van der Waals surface area contributed by atoms with E-state index in [1.54, 1.807) is 14.2 Å². The Hall–Kier alpha value is -1.52. The number of methoxy groups -OCH3 is 2. The van der Waals surface area contributed by atoms with E-state index in [0.717, 1.165) is 42.8 Å². The Morgan fingerprint density at radius 3 is 2.57 bits per heavy atom. The third-order valence-electron chi connectivity index (χ3n) is 5.23. The molecule has 0 radical (unpaired) electrons. The summed E-state index contributed by atoms with van der Waals surface area (Å²) in [5.41, 5.74) is 3.44. The van der Waals surface area contributed by atoms with Crippen LogP contribution in [0.2, 0.25) is 0 Å². The summed E-state index contributed by atoms with van der Waals surface area (Å²) in [5, 5.41) is 3.55. The third kappa shape index (κ3) is 2.98. The lowest BCUT2D eigenvalue weighted by Crippen LogP contribution is -2.54. The quantitative estimate of drug-likeness (QED) is 0.926. The number of benzene rings is 1. The van der Waals surface area contributed by atoms with E-state index in [4.69, 9.17) is 14.2 Å². The van der Waals surface area contributed by atoms with Gasteiger partial charge in [0, 0.05) is 12.7 Å². The van der Waals surface area contributed by atoms with E-state index in [1.807, 2.05) is 0 Å². The molecule has 1 aliphatic heterocycles. The van der Waals surface area contributed by atoms with Gasteiger partial charge in [-0.3, -0.25) is 5.32 Å². The molecule has 126 valence electrons. The van der Waals surface area contributed by atoms with Crippen molar-refractivity contribution in [2.24, 2.45) is 0 Å². The van der Waals surface area contributed by atoms with Gasteiger partial charge in [-0.05, 0) is 51.2 Å². The van der Waals surface area contributed by atoms with E-state index in [-0.39, 0.29) is 5.54 Å². The summed E-state index contributed by atoms with van der Waals surface area (Å²) < 4.78 is 17.4. The lowest BCUT2D eigenvalue weighted by Gasteiger charge is -2.44. The first kappa shape index (κ1) is 16.3. The van der Waals surface area contributed by atoms with Crippen LogP contribution in [0.3, 0.4) is 0 Å². The maximum Gasteiger partial charge on any atom is 0.168 e. The molecule has 1 saturated carbocycles. The van der Waals surface area contributed by atoms with E-state index < -0.39 is 0 Å². The summed E-state index contributed by atoms with van der Waals surface area (Å²) >= 11 is 0. The molecule has 0 aromatic heterocycles. The van der Waals surface area contributed by atoms with Gasteiger partial charge >= 0.3 is 0 Å². The van der Waals surface area contributed by atoms with Crippen molar-refractivity contribution < 1.29 is 14.2 Å². The zero-order valence-electron chi connectivity index (χ0n) is 14.6. The summed E-state index contributed by atoms with van der Waals surface area (Å²) in [6, 6.07) is 6.46. The van der Waals surface area contributed by atoms with E-state index in [1.165, 1.54) is 11.1 Å². The monoisotopic (exact) mass is 317 g/mol. The average molecular weight is 317 g/mol. The van der Waals surface area contributed by atoms with Crippen LogP contribution in [-0.2, 0) is 14.2 Å². The lowest BCUT2D eigenvalue weighted by atomic mass is 9.77. The zero-order chi connectivity index (χ0) is 16.4. The normalized spacial score (nSPS) is 27.9. The molecule has 0 unspecified atom stereocenters. The Morgan fingerprint density at radius 2 is 1.91 bits per heavy atom. The first-order chi connectivity index (χ1) is 11.1. The summed E-state index contributed by atoms with van der Waals surface area (Å²) in [5.74, 6) is 1.83. The van der Waals surface area contributed by atoms with E-state index in [9.17, 15) is 0 Å². The number of rotatable bonds is 3. The maximum atomic E-state index is 6.00. The molecule has 1 aromatic rings. The summed E-state index contributed by atoms with van der Waals surface area (Å²) in [6.45, 7) is 4.75. The molecule has 2 aliphatic rings. The summed E-state index contributed by atoms with van der Waals surface area (Å²) in [7, 11) is 3.55. The van der Waals surface area contributed by atoms with Gasteiger partial charge in [0.2, 0.25) is 0 Å². The van der Waals surface area contributed by atoms with Crippen LogP contribution >= 0.6 is 0 Å². The van der Waals surface area contributed by atoms with Crippen LogP contribution in [-0.4, -0.2) is 32.6 Å². The van der Waals surface area contributed by atoms with Gasteiger partial charge in [0.25, 0.3) is 0 Å². The highest BCUT2D eigenvalue weighted by molar-refractivity contribution is 5.68. The van der Waals surface area contributed by atoms with Gasteiger partial charge < -0.3 is 14.2 Å². The van der Waals surface area contributed by atoms with Crippen LogP contribution < -0.4 is 5.32 Å². The van der Waals surface area contributed by atoms with Gasteiger partial charge in [-0.1, -0.05) is 17.7 Å². The third-order valence-corrected chi connectivity index (χ3v) is 5.23. The molecular weight excluding hydrogens is 290 g/mol. The van der Waals surface area contributed by atoms with Crippen molar-refractivity contribution in [3.8, 4) is 0 Å². The van der Waals surface area contributed by atoms with Crippen molar-refractivity contribution in [3.63, 3.8) is 0 Å². The molecule has 1 fully saturated rings. The molecule has 3 rings (SSSR count). The molecule has 0 amide bonds. The smallest absolute Gasteiger partial charge is 0.168 e. The molecule has 1 aromatic carbocycles. The molecular formula is C19H27NO3. The standard InChI is InChI=1S/C19H27NO3/c1-13-5-6-14(2)16(11-13)17-18(22-4)19(20-12-23-17)9-7-15(21-3)8-10-19/h5-6,11,15,20H,7-10,12H2,1-4H3. The predicted octanol–water partition coefficient (Wildman–Crippen LogP) is 3.52. The maximum absolute atomic E-state index is 6.00. The van der Waals surface area contributed by atoms with E-state index in [2.05, 4.69) is 37.4 Å². The molecule has 4 nitrogen and oxygen atoms in total. The van der Waals surface area contributed by atoms with Crippen LogP contribution in [0.4, 0.5) is 0 Å². The molecule has 0 atom stereocenters. The summed E-state index contributed by atoms with van der Waals surface area (Å²) in [6.07, 6.45) is 4.44. The Labute approximate surface area is 138 Å². The van der Waals surface area contributed by atoms with Crippen LogP contribution in [0.5, 0.6) is 0 Å². The topological polar surface area (TPSA) is 39.7 Å². The molecule has 0 saturated heterocycles. The van der Waals surface area contributed by atoms with Crippen LogP contribution in [0.1, 0.15) is 42.4 Å². The second-order valence-electron chi connectivity index (χ2n) is 6.66. The second-order valence-corrected chi connectivity index (χ2v) is 6.66. The largest absolute Gasteiger partial charge is 0.495 e. The minimum Gasteiger partial charge on any atom is -0.495 e. The SMILES string of the molecule is COC1=C(c2cc(C)ccc2C)OCNC12CCC(OC)CC2. The van der Waals surface area contributed by atoms with Gasteiger partial charge in [0.1, 0.15) is 6.73 Å². The van der Waals surface area contributed by atoms with Crippen LogP contribution in [0.15, 0.2) is 24.0 Å². The van der Waals surface area contributed by atoms with Gasteiger partial charge in [0.05, 0.1) is 18.8 Å². The Morgan fingerprint density at radius 1 is 1.17 bits per heavy atom. The molecule has 1 N–H and O–H groups in total. The lowest BCUT2D eigenvalue weighted by molar-refractivity contribution is 0.0168. The minimum absolute atomic E-state index is 0.131. The fraction of sp³-hybridized carbons (Fsp3) is 0.579. The Balaban J connectivity index is 2.02. The second kappa shape index (κ2) is 6.54. The average Bonchev–Trinajstić information content (AvgIpc) is 2.57. The molecule has 0 bridgehead atoms. The highest BCUT2D eigenvalue weighted by Gasteiger charge is 2.44. The Kier molecular flexibility index (Phi) is 4.64. The van der Waals surface area contributed by atoms with Gasteiger partial charge in [0.15, 0.2) is 11.5 Å². The van der Waals surface area contributed by atoms with Crippen LogP contribution in [0, 0.1) is 13.8 Å². The van der Waals surface area contributed by atoms with E-state index in [0.29, 0.717) is 12.8 Å². The van der Waals surface area contributed by atoms with Gasteiger partial charge in [-0.25, -0.2) is 0 Å². The van der Waals surface area contributed by atoms with Crippen molar-refractivity contribution in [2.45, 2.75) is 51.2 Å². The highest BCUT2D eigenvalue weighted by Crippen LogP contribution is 2.42. The number of hydrogen-bond acceptors (Lipinski definition) is 4. The van der Waals surface area contributed by atoms with Crippen molar-refractivity contribution >= 4 is 5.76 Å². The number of ether oxygens (including phenoxy) is 3. The first-order valence-corrected chi connectivity index (χ1v) is 8.36. The number of nitrogens with one attached hydrogen (secondary N) is 1. The Bertz CT molecular complexity index is 601. The zero-order valence-corrected chi connectivity index (χ0v) is 14.6. The molecule has 4 heteroatoms. The van der Waals surface area contributed by atoms with Crippen LogP contribution in [0.25, 0.3) is 5.76 Å².